The van der Waals surface area contributed by atoms with E-state index in [9.17, 15) is 0 Å². The Morgan fingerprint density at radius 1 is 0.475 bits per heavy atom. The second kappa shape index (κ2) is 14.8. The predicted octanol–water partition coefficient (Wildman–Crippen LogP) is 11.5. The molecule has 8 bridgehead atoms. The van der Waals surface area contributed by atoms with E-state index in [0.717, 1.165) is 84.8 Å². The molecule has 8 fully saturated rings. The number of aliphatic imine (C=N–C) groups is 2. The molecule has 4 heteroatoms. The lowest BCUT2D eigenvalue weighted by Crippen LogP contribution is -2.48. The first-order chi connectivity index (χ1) is 29.0. The third-order valence-electron chi connectivity index (χ3n) is 17.1. The molecule has 0 amide bonds. The van der Waals surface area contributed by atoms with Gasteiger partial charge in [0.15, 0.2) is 11.8 Å². The van der Waals surface area contributed by atoms with E-state index in [1.807, 2.05) is 0 Å². The molecule has 0 N–H and O–H groups in total. The van der Waals surface area contributed by atoms with Gasteiger partial charge in [-0.15, -0.1) is 0 Å². The number of benzene rings is 4. The van der Waals surface area contributed by atoms with Crippen LogP contribution in [0, 0.1) is 46.8 Å². The van der Waals surface area contributed by atoms with E-state index >= 15 is 0 Å². The van der Waals surface area contributed by atoms with Crippen molar-refractivity contribution in [1.29, 1.82) is 0 Å². The maximum Gasteiger partial charge on any atom is 0.200 e. The van der Waals surface area contributed by atoms with E-state index in [-0.39, 0.29) is 12.1 Å². The summed E-state index contributed by atoms with van der Waals surface area (Å²) in [5, 5.41) is 0. The Balaban J connectivity index is 0.908. The summed E-state index contributed by atoms with van der Waals surface area (Å²) in [6, 6.07) is 41.5. The summed E-state index contributed by atoms with van der Waals surface area (Å²) in [5.74, 6) is 8.91. The first-order valence-electron chi connectivity index (χ1n) is 23.7. The lowest BCUT2D eigenvalue weighted by atomic mass is 9.48. The molecule has 8 aliphatic carbocycles. The van der Waals surface area contributed by atoms with Gasteiger partial charge in [0.05, 0.1) is 12.1 Å². The van der Waals surface area contributed by atoms with Gasteiger partial charge in [-0.1, -0.05) is 109 Å². The summed E-state index contributed by atoms with van der Waals surface area (Å²) in [7, 11) is 0. The Hall–Kier alpha value is -4.18. The molecule has 4 aromatic rings. The third kappa shape index (κ3) is 6.89. The van der Waals surface area contributed by atoms with E-state index in [2.05, 4.69) is 109 Å². The maximum absolute atomic E-state index is 6.87. The van der Waals surface area contributed by atoms with Crippen LogP contribution in [-0.4, -0.2) is 37.1 Å². The van der Waals surface area contributed by atoms with Crippen molar-refractivity contribution in [2.45, 2.75) is 120 Å². The van der Waals surface area contributed by atoms with Gasteiger partial charge in [0.2, 0.25) is 0 Å². The predicted molar refractivity (Wildman–Crippen MR) is 237 cm³/mol. The molecule has 2 heterocycles. The normalized spacial score (nSPS) is 35.1. The van der Waals surface area contributed by atoms with Gasteiger partial charge >= 0.3 is 0 Å². The van der Waals surface area contributed by atoms with Gasteiger partial charge in [0.25, 0.3) is 0 Å². The summed E-state index contributed by atoms with van der Waals surface area (Å²) >= 11 is 0. The van der Waals surface area contributed by atoms with Crippen molar-refractivity contribution in [3.63, 3.8) is 0 Å². The molecule has 2 aliphatic heterocycles. The van der Waals surface area contributed by atoms with Crippen LogP contribution in [0.4, 0.5) is 0 Å². The smallest absolute Gasteiger partial charge is 0.200 e. The molecule has 0 spiro atoms. The summed E-state index contributed by atoms with van der Waals surface area (Å²) in [5.41, 5.74) is 8.13. The molecule has 10 aliphatic rings. The van der Waals surface area contributed by atoms with Crippen molar-refractivity contribution < 1.29 is 9.47 Å². The topological polar surface area (TPSA) is 43.2 Å². The summed E-state index contributed by atoms with van der Waals surface area (Å²) in [6.07, 6.45) is 19.1. The van der Waals surface area contributed by atoms with Gasteiger partial charge in [0.1, 0.15) is 18.6 Å². The lowest BCUT2D eigenvalue weighted by Gasteiger charge is -2.57. The van der Waals surface area contributed by atoms with Crippen LogP contribution in [0.1, 0.15) is 110 Å². The molecule has 304 valence electrons. The summed E-state index contributed by atoms with van der Waals surface area (Å²) in [6.45, 7) is 1.17. The van der Waals surface area contributed by atoms with Crippen LogP contribution in [0.3, 0.4) is 0 Å². The van der Waals surface area contributed by atoms with Crippen LogP contribution in [0.5, 0.6) is 0 Å². The standard InChI is InChI=1S/C55H62N2O2/c1-3-7-36(8-4-1)27-49-34-58-52(56-49)55(53-57-50(35-59-53)28-37-9-5-2-6-10-37,32-38-11-15-45(16-12-38)51-46-23-40-19-41(25-46)26-47(51)24-40)33-39-13-17-48(18-14-39)54-29-42-20-43(30-54)22-44(21-42)31-54/h1-18,40-44,46-47,49-51H,19-35H2/t40?,41?,42?,43?,44?,46?,47?,49-,50-,51?,54?/m1/s1. The summed E-state index contributed by atoms with van der Waals surface area (Å²) in [4.78, 5) is 11.0. The maximum atomic E-state index is 6.87. The van der Waals surface area contributed by atoms with Crippen LogP contribution in [0.2, 0.25) is 0 Å². The van der Waals surface area contributed by atoms with Crippen molar-refractivity contribution in [2.24, 2.45) is 56.8 Å². The zero-order valence-corrected chi connectivity index (χ0v) is 34.9. The van der Waals surface area contributed by atoms with E-state index in [0.29, 0.717) is 18.6 Å². The minimum absolute atomic E-state index is 0.0617. The number of hydrogen-bond acceptors (Lipinski definition) is 4. The van der Waals surface area contributed by atoms with Gasteiger partial charge in [-0.3, -0.25) is 0 Å². The van der Waals surface area contributed by atoms with Gasteiger partial charge < -0.3 is 9.47 Å². The molecule has 4 aromatic carbocycles. The van der Waals surface area contributed by atoms with Crippen LogP contribution >= 0.6 is 0 Å². The van der Waals surface area contributed by atoms with Crippen LogP contribution in [0.15, 0.2) is 119 Å². The molecular weight excluding hydrogens is 721 g/mol. The van der Waals surface area contributed by atoms with Crippen LogP contribution in [-0.2, 0) is 40.6 Å². The number of nitrogens with zero attached hydrogens (tertiary/aromatic N) is 2. The average molecular weight is 783 g/mol. The van der Waals surface area contributed by atoms with Gasteiger partial charge in [0, 0.05) is 0 Å². The highest BCUT2D eigenvalue weighted by molar-refractivity contribution is 6.07. The van der Waals surface area contributed by atoms with Crippen LogP contribution < -0.4 is 0 Å². The lowest BCUT2D eigenvalue weighted by molar-refractivity contribution is -0.00519. The molecule has 8 saturated carbocycles. The first-order valence-corrected chi connectivity index (χ1v) is 23.7. The van der Waals surface area contributed by atoms with Gasteiger partial charge in [-0.25, -0.2) is 9.98 Å². The van der Waals surface area contributed by atoms with Crippen molar-refractivity contribution in [1.82, 2.24) is 0 Å². The third-order valence-corrected chi connectivity index (χ3v) is 17.1. The molecule has 4 nitrogen and oxygen atoms in total. The second-order valence-electron chi connectivity index (χ2n) is 21.2. The second-order valence-corrected chi connectivity index (χ2v) is 21.2. The zero-order valence-electron chi connectivity index (χ0n) is 34.9. The average Bonchev–Trinajstić information content (AvgIpc) is 3.92. The Morgan fingerprint density at radius 3 is 1.39 bits per heavy atom. The van der Waals surface area contributed by atoms with Crippen molar-refractivity contribution in [2.75, 3.05) is 13.2 Å². The highest BCUT2D eigenvalue weighted by Gasteiger charge is 2.53. The molecule has 0 unspecified atom stereocenters. The quantitative estimate of drug-likeness (QED) is 0.144. The molecule has 14 rings (SSSR count). The minimum atomic E-state index is -0.650. The number of rotatable bonds is 12. The van der Waals surface area contributed by atoms with Crippen LogP contribution in [0.25, 0.3) is 0 Å². The molecular formula is C55H62N2O2. The summed E-state index contributed by atoms with van der Waals surface area (Å²) < 4.78 is 13.7. The van der Waals surface area contributed by atoms with Crippen molar-refractivity contribution >= 4 is 11.8 Å². The van der Waals surface area contributed by atoms with E-state index in [1.54, 1.807) is 11.1 Å². The van der Waals surface area contributed by atoms with Crippen molar-refractivity contribution in [3.8, 4) is 0 Å². The Morgan fingerprint density at radius 2 is 0.915 bits per heavy atom. The minimum Gasteiger partial charge on any atom is -0.478 e. The van der Waals surface area contributed by atoms with E-state index in [4.69, 9.17) is 19.5 Å². The monoisotopic (exact) mass is 782 g/mol. The Bertz CT molecular complexity index is 2060. The van der Waals surface area contributed by atoms with Gasteiger partial charge in [-0.05, 0) is 182 Å². The molecule has 0 saturated heterocycles. The van der Waals surface area contributed by atoms with E-state index in [1.165, 1.54) is 92.9 Å². The van der Waals surface area contributed by atoms with E-state index < -0.39 is 5.41 Å². The highest BCUT2D eigenvalue weighted by Crippen LogP contribution is 2.61. The van der Waals surface area contributed by atoms with Gasteiger partial charge in [-0.2, -0.15) is 0 Å². The fourth-order valence-corrected chi connectivity index (χ4v) is 15.3. The number of hydrogen-bond donors (Lipinski definition) is 0. The molecule has 59 heavy (non-hydrogen) atoms. The number of ether oxygens (including phenoxy) is 2. The zero-order chi connectivity index (χ0) is 39.0. The van der Waals surface area contributed by atoms with Crippen molar-refractivity contribution in [3.05, 3.63) is 143 Å². The highest BCUT2D eigenvalue weighted by atomic mass is 16.5. The molecule has 0 aromatic heterocycles. The fourth-order valence-electron chi connectivity index (χ4n) is 15.3. The molecule has 2 atom stereocenters. The Kier molecular flexibility index (Phi) is 9.18. The fraction of sp³-hybridized carbons (Fsp3) is 0.527. The largest absolute Gasteiger partial charge is 0.478 e. The first kappa shape index (κ1) is 36.7. The molecule has 0 radical (unpaired) electrons. The Labute approximate surface area is 352 Å². The SMILES string of the molecule is c1ccc(C[C@@H]2COC(C(Cc3ccc(C4C5CC6CC(C5)CC4C6)cc3)(Cc3ccc(C45CC6CC(CC(C6)C4)C5)cc3)C3=N[C@H](Cc4ccccc4)CO3)=N2)cc1.